The molecule has 0 unspecified atom stereocenters. The molecule has 0 saturated carbocycles. The van der Waals surface area contributed by atoms with Crippen molar-refractivity contribution in [1.29, 1.82) is 0 Å². The Morgan fingerprint density at radius 3 is 2.64 bits per heavy atom. The molecule has 0 atom stereocenters. The van der Waals surface area contributed by atoms with Crippen LogP contribution in [-0.4, -0.2) is 26.3 Å². The number of carboxylic acid groups (broad SMARTS) is 1. The number of benzene rings is 2. The van der Waals surface area contributed by atoms with Crippen LogP contribution in [0.4, 0.5) is 0 Å². The Kier molecular flexibility index (Phi) is 3.48. The first-order valence-corrected chi connectivity index (χ1v) is 6.65. The van der Waals surface area contributed by atoms with Gasteiger partial charge >= 0.3 is 5.97 Å². The minimum atomic E-state index is -1.13. The average Bonchev–Trinajstić information content (AvgIpc) is 2.53. The van der Waals surface area contributed by atoms with Crippen molar-refractivity contribution in [3.63, 3.8) is 0 Å². The number of aromatic hydroxyl groups is 1. The number of aliphatic hydroxyl groups is 1. The summed E-state index contributed by atoms with van der Waals surface area (Å²) < 4.78 is 0. The minimum Gasteiger partial charge on any atom is -0.508 e. The van der Waals surface area contributed by atoms with E-state index in [0.717, 1.165) is 5.39 Å². The lowest BCUT2D eigenvalue weighted by Gasteiger charge is -2.15. The predicted octanol–water partition coefficient (Wildman–Crippen LogP) is 2.80. The standard InChI is InChI=1S/C17H13NO4/c19-9-15-14(17(21)22)7-11-6-12(20)3-4-13(11)16(15)10-2-1-5-18-8-10/h1-8,19-20H,9H2,(H,21,22). The van der Waals surface area contributed by atoms with Crippen LogP contribution in [0.15, 0.2) is 48.8 Å². The molecular weight excluding hydrogens is 282 g/mol. The third kappa shape index (κ3) is 2.27. The fraction of sp³-hybridized carbons (Fsp3) is 0.0588. The molecule has 1 aromatic heterocycles. The molecule has 1 heterocycles. The topological polar surface area (TPSA) is 90.7 Å². The van der Waals surface area contributed by atoms with E-state index < -0.39 is 12.6 Å². The van der Waals surface area contributed by atoms with Crippen molar-refractivity contribution in [2.45, 2.75) is 6.61 Å². The van der Waals surface area contributed by atoms with Crippen LogP contribution in [-0.2, 0) is 6.61 Å². The number of phenols is 1. The number of rotatable bonds is 3. The number of aliphatic hydroxyl groups excluding tert-OH is 1. The molecule has 110 valence electrons. The third-order valence-electron chi connectivity index (χ3n) is 3.57. The summed E-state index contributed by atoms with van der Waals surface area (Å²) in [7, 11) is 0. The maximum absolute atomic E-state index is 11.5. The summed E-state index contributed by atoms with van der Waals surface area (Å²) in [6, 6.07) is 9.75. The highest BCUT2D eigenvalue weighted by Crippen LogP contribution is 2.35. The molecule has 2 aromatic carbocycles. The number of aromatic carboxylic acids is 1. The quantitative estimate of drug-likeness (QED) is 0.691. The van der Waals surface area contributed by atoms with Gasteiger partial charge in [-0.25, -0.2) is 4.79 Å². The Hall–Kier alpha value is -2.92. The highest BCUT2D eigenvalue weighted by Gasteiger charge is 2.18. The number of carboxylic acids is 1. The maximum Gasteiger partial charge on any atom is 0.336 e. The molecule has 3 aromatic rings. The van der Waals surface area contributed by atoms with E-state index in [1.165, 1.54) is 18.2 Å². The Morgan fingerprint density at radius 2 is 2.00 bits per heavy atom. The van der Waals surface area contributed by atoms with E-state index >= 15 is 0 Å². The molecule has 0 amide bonds. The molecule has 22 heavy (non-hydrogen) atoms. The van der Waals surface area contributed by atoms with Crippen LogP contribution in [0, 0.1) is 0 Å². The summed E-state index contributed by atoms with van der Waals surface area (Å²) in [5, 5.41) is 30.1. The van der Waals surface area contributed by atoms with Gasteiger partial charge in [0.2, 0.25) is 0 Å². The molecule has 3 N–H and O–H groups in total. The first kappa shape index (κ1) is 14.0. The lowest BCUT2D eigenvalue weighted by molar-refractivity contribution is 0.0693. The zero-order valence-electron chi connectivity index (χ0n) is 11.5. The van der Waals surface area contributed by atoms with Gasteiger partial charge in [-0.05, 0) is 40.6 Å². The Balaban J connectivity index is 2.47. The molecule has 0 saturated heterocycles. The van der Waals surface area contributed by atoms with Crippen molar-refractivity contribution in [2.24, 2.45) is 0 Å². The number of hydrogen-bond donors (Lipinski definition) is 3. The fourth-order valence-corrected chi connectivity index (χ4v) is 2.63. The SMILES string of the molecule is O=C(O)c1cc2cc(O)ccc2c(-c2cccnc2)c1CO. The Morgan fingerprint density at radius 1 is 1.18 bits per heavy atom. The number of pyridine rings is 1. The van der Waals surface area contributed by atoms with E-state index in [4.69, 9.17) is 0 Å². The number of hydrogen-bond acceptors (Lipinski definition) is 4. The van der Waals surface area contributed by atoms with Gasteiger partial charge in [0.15, 0.2) is 0 Å². The highest BCUT2D eigenvalue weighted by molar-refractivity contribution is 6.05. The first-order chi connectivity index (χ1) is 10.6. The maximum atomic E-state index is 11.5. The van der Waals surface area contributed by atoms with Crippen LogP contribution in [0.1, 0.15) is 15.9 Å². The van der Waals surface area contributed by atoms with E-state index in [0.29, 0.717) is 22.1 Å². The van der Waals surface area contributed by atoms with E-state index in [1.807, 2.05) is 0 Å². The van der Waals surface area contributed by atoms with E-state index in [-0.39, 0.29) is 11.3 Å². The normalized spacial score (nSPS) is 10.8. The first-order valence-electron chi connectivity index (χ1n) is 6.65. The Bertz CT molecular complexity index is 859. The number of nitrogens with zero attached hydrogens (tertiary/aromatic N) is 1. The number of fused-ring (bicyclic) bond motifs is 1. The lowest BCUT2D eigenvalue weighted by atomic mass is 9.90. The minimum absolute atomic E-state index is 0.0134. The van der Waals surface area contributed by atoms with Crippen LogP contribution < -0.4 is 0 Å². The predicted molar refractivity (Wildman–Crippen MR) is 81.7 cm³/mol. The van der Waals surface area contributed by atoms with E-state index in [1.54, 1.807) is 30.6 Å². The van der Waals surface area contributed by atoms with Crippen molar-refractivity contribution in [1.82, 2.24) is 4.98 Å². The Labute approximate surface area is 126 Å². The van der Waals surface area contributed by atoms with E-state index in [2.05, 4.69) is 4.98 Å². The zero-order valence-corrected chi connectivity index (χ0v) is 11.5. The van der Waals surface area contributed by atoms with Crippen LogP contribution in [0.5, 0.6) is 5.75 Å². The van der Waals surface area contributed by atoms with Gasteiger partial charge in [-0.15, -0.1) is 0 Å². The van der Waals surface area contributed by atoms with Crippen molar-refractivity contribution >= 4 is 16.7 Å². The fourth-order valence-electron chi connectivity index (χ4n) is 2.63. The van der Waals surface area contributed by atoms with Crippen molar-refractivity contribution in [3.05, 3.63) is 59.9 Å². The molecule has 0 aliphatic carbocycles. The zero-order chi connectivity index (χ0) is 15.7. The monoisotopic (exact) mass is 295 g/mol. The summed E-state index contributed by atoms with van der Waals surface area (Å²) in [6.07, 6.45) is 3.24. The summed E-state index contributed by atoms with van der Waals surface area (Å²) in [5.41, 5.74) is 1.67. The van der Waals surface area contributed by atoms with Gasteiger partial charge in [0, 0.05) is 23.5 Å². The van der Waals surface area contributed by atoms with Crippen molar-refractivity contribution in [2.75, 3.05) is 0 Å². The summed E-state index contributed by atoms with van der Waals surface area (Å²) in [5.74, 6) is -1.07. The molecule has 0 aliphatic heterocycles. The number of phenolic OH excluding ortho intramolecular Hbond substituents is 1. The van der Waals surface area contributed by atoms with Crippen LogP contribution in [0.25, 0.3) is 21.9 Å². The van der Waals surface area contributed by atoms with Crippen molar-refractivity contribution in [3.8, 4) is 16.9 Å². The second-order valence-corrected chi connectivity index (χ2v) is 4.89. The number of aromatic nitrogens is 1. The van der Waals surface area contributed by atoms with Gasteiger partial charge in [-0.1, -0.05) is 12.1 Å². The van der Waals surface area contributed by atoms with Gasteiger partial charge in [0.25, 0.3) is 0 Å². The van der Waals surface area contributed by atoms with Gasteiger partial charge in [0.1, 0.15) is 5.75 Å². The van der Waals surface area contributed by atoms with Crippen molar-refractivity contribution < 1.29 is 20.1 Å². The molecular formula is C17H13NO4. The number of carbonyl (C=O) groups is 1. The van der Waals surface area contributed by atoms with Crippen LogP contribution >= 0.6 is 0 Å². The van der Waals surface area contributed by atoms with Gasteiger partial charge in [0.05, 0.1) is 12.2 Å². The van der Waals surface area contributed by atoms with E-state index in [9.17, 15) is 20.1 Å². The smallest absolute Gasteiger partial charge is 0.336 e. The molecule has 0 spiro atoms. The third-order valence-corrected chi connectivity index (χ3v) is 3.57. The van der Waals surface area contributed by atoms with Crippen LogP contribution in [0.2, 0.25) is 0 Å². The van der Waals surface area contributed by atoms with Crippen LogP contribution in [0.3, 0.4) is 0 Å². The molecule has 5 heteroatoms. The molecule has 0 bridgehead atoms. The van der Waals surface area contributed by atoms with Gasteiger partial charge in [-0.3, -0.25) is 4.98 Å². The summed E-state index contributed by atoms with van der Waals surface area (Å²) in [6.45, 7) is -0.400. The molecule has 0 aliphatic rings. The molecule has 3 rings (SSSR count). The second-order valence-electron chi connectivity index (χ2n) is 4.89. The lowest BCUT2D eigenvalue weighted by Crippen LogP contribution is -2.05. The second kappa shape index (κ2) is 5.46. The molecule has 0 fully saturated rings. The molecule has 0 radical (unpaired) electrons. The largest absolute Gasteiger partial charge is 0.508 e. The highest BCUT2D eigenvalue weighted by atomic mass is 16.4. The van der Waals surface area contributed by atoms with Gasteiger partial charge < -0.3 is 15.3 Å². The van der Waals surface area contributed by atoms with Gasteiger partial charge in [-0.2, -0.15) is 0 Å². The summed E-state index contributed by atoms with van der Waals surface area (Å²) in [4.78, 5) is 15.6. The molecule has 5 nitrogen and oxygen atoms in total. The average molecular weight is 295 g/mol. The summed E-state index contributed by atoms with van der Waals surface area (Å²) >= 11 is 0.